The van der Waals surface area contributed by atoms with Gasteiger partial charge in [-0.25, -0.2) is 4.79 Å². The number of hydrogen-bond acceptors (Lipinski definition) is 5. The van der Waals surface area contributed by atoms with Gasteiger partial charge in [-0.1, -0.05) is 5.16 Å². The summed E-state index contributed by atoms with van der Waals surface area (Å²) in [5.41, 5.74) is 0.844. The highest BCUT2D eigenvalue weighted by molar-refractivity contribution is 5.88. The van der Waals surface area contributed by atoms with E-state index >= 15 is 0 Å². The van der Waals surface area contributed by atoms with Crippen LogP contribution in [0.2, 0.25) is 0 Å². The van der Waals surface area contributed by atoms with E-state index in [1.165, 1.54) is 12.8 Å². The van der Waals surface area contributed by atoms with Crippen LogP contribution in [0.1, 0.15) is 25.0 Å². The van der Waals surface area contributed by atoms with Gasteiger partial charge in [0.1, 0.15) is 5.76 Å². The van der Waals surface area contributed by atoms with Gasteiger partial charge in [-0.15, -0.1) is 0 Å². The average Bonchev–Trinajstić information content (AvgIpc) is 3.20. The summed E-state index contributed by atoms with van der Waals surface area (Å²) in [6.45, 7) is 3.41. The first-order valence-electron chi connectivity index (χ1n) is 8.41. The summed E-state index contributed by atoms with van der Waals surface area (Å²) in [5.74, 6) is 1.78. The lowest BCUT2D eigenvalue weighted by molar-refractivity contribution is 0.200. The number of rotatable bonds is 2. The Morgan fingerprint density at radius 3 is 2.96 bits per heavy atom. The Kier molecular flexibility index (Phi) is 3.80. The second kappa shape index (κ2) is 5.98. The maximum atomic E-state index is 12.6. The fourth-order valence-electron chi connectivity index (χ4n) is 3.78. The van der Waals surface area contributed by atoms with Crippen LogP contribution in [0, 0.1) is 6.92 Å². The molecule has 2 aliphatic rings. The number of carbonyl (C=O) groups excluding carboxylic acids is 1. The van der Waals surface area contributed by atoms with Gasteiger partial charge in [-0.05, 0) is 39.3 Å². The van der Waals surface area contributed by atoms with Gasteiger partial charge >= 0.3 is 6.03 Å². The third kappa shape index (κ3) is 2.69. The van der Waals surface area contributed by atoms with Gasteiger partial charge < -0.3 is 13.8 Å². The monoisotopic (exact) mass is 330 g/mol. The molecule has 7 heteroatoms. The van der Waals surface area contributed by atoms with E-state index in [0.717, 1.165) is 30.8 Å². The Hall–Kier alpha value is -2.28. The molecule has 0 aromatic carbocycles. The predicted molar refractivity (Wildman–Crippen MR) is 88.7 cm³/mol. The number of aromatic nitrogens is 1. The van der Waals surface area contributed by atoms with Crippen LogP contribution in [-0.4, -0.2) is 53.2 Å². The van der Waals surface area contributed by atoms with E-state index in [0.29, 0.717) is 23.7 Å². The number of nitrogens with one attached hydrogen (secondary N) is 1. The molecule has 2 saturated heterocycles. The van der Waals surface area contributed by atoms with Gasteiger partial charge in [0.2, 0.25) is 0 Å². The van der Waals surface area contributed by atoms with E-state index in [4.69, 9.17) is 8.94 Å². The minimum absolute atomic E-state index is 0.111. The quantitative estimate of drug-likeness (QED) is 0.916. The Labute approximate surface area is 140 Å². The molecule has 2 unspecified atom stereocenters. The van der Waals surface area contributed by atoms with E-state index in [2.05, 4.69) is 22.4 Å². The van der Waals surface area contributed by atoms with Gasteiger partial charge in [-0.3, -0.25) is 10.2 Å². The Bertz CT molecular complexity index is 738. The number of likely N-dealkylation sites (tertiary alicyclic amines) is 1. The number of furan rings is 1. The van der Waals surface area contributed by atoms with E-state index in [1.807, 2.05) is 17.9 Å². The first kappa shape index (κ1) is 15.3. The van der Waals surface area contributed by atoms with Crippen molar-refractivity contribution in [2.24, 2.45) is 0 Å². The number of fused-ring (bicyclic) bond motifs is 2. The van der Waals surface area contributed by atoms with Crippen molar-refractivity contribution in [3.8, 4) is 11.3 Å². The Balaban J connectivity index is 1.43. The molecule has 0 spiro atoms. The molecule has 4 heterocycles. The van der Waals surface area contributed by atoms with Crippen molar-refractivity contribution >= 4 is 11.8 Å². The maximum absolute atomic E-state index is 12.6. The molecule has 0 aliphatic carbocycles. The van der Waals surface area contributed by atoms with Crippen molar-refractivity contribution in [3.63, 3.8) is 0 Å². The number of anilines is 1. The van der Waals surface area contributed by atoms with E-state index in [-0.39, 0.29) is 6.03 Å². The minimum atomic E-state index is -0.111. The highest BCUT2D eigenvalue weighted by Crippen LogP contribution is 2.29. The highest BCUT2D eigenvalue weighted by Gasteiger charge is 2.36. The fourth-order valence-corrected chi connectivity index (χ4v) is 3.78. The first-order chi connectivity index (χ1) is 11.6. The standard InChI is InChI=1S/C17H22N4O3/c1-11-14(6-8-23-11)15-9-16(19-24-15)18-17(22)21-7-5-12-3-4-13(10-21)20(12)2/h6,8-9,12-13H,3-5,7,10H2,1-2H3,(H,18,19,22). The zero-order valence-electron chi connectivity index (χ0n) is 14.0. The van der Waals surface area contributed by atoms with E-state index < -0.39 is 0 Å². The lowest BCUT2D eigenvalue weighted by atomic mass is 10.1. The fraction of sp³-hybridized carbons (Fsp3) is 0.529. The smallest absolute Gasteiger partial charge is 0.323 e. The summed E-state index contributed by atoms with van der Waals surface area (Å²) >= 11 is 0. The minimum Gasteiger partial charge on any atom is -0.469 e. The van der Waals surface area contributed by atoms with Gasteiger partial charge in [0.15, 0.2) is 11.6 Å². The molecule has 24 heavy (non-hydrogen) atoms. The molecule has 2 aromatic heterocycles. The van der Waals surface area contributed by atoms with Crippen LogP contribution in [0.25, 0.3) is 11.3 Å². The van der Waals surface area contributed by atoms with Crippen LogP contribution in [0.4, 0.5) is 10.6 Å². The zero-order chi connectivity index (χ0) is 16.7. The number of hydrogen-bond donors (Lipinski definition) is 1. The van der Waals surface area contributed by atoms with Crippen molar-refractivity contribution in [2.45, 2.75) is 38.3 Å². The van der Waals surface area contributed by atoms with Crippen molar-refractivity contribution in [1.29, 1.82) is 0 Å². The molecule has 2 atom stereocenters. The number of urea groups is 1. The topological polar surface area (TPSA) is 74.8 Å². The molecular weight excluding hydrogens is 308 g/mol. The van der Waals surface area contributed by atoms with Gasteiger partial charge in [0, 0.05) is 31.2 Å². The summed E-state index contributed by atoms with van der Waals surface area (Å²) in [7, 11) is 2.17. The van der Waals surface area contributed by atoms with Crippen LogP contribution in [0.15, 0.2) is 27.3 Å². The second-order valence-electron chi connectivity index (χ2n) is 6.68. The highest BCUT2D eigenvalue weighted by atomic mass is 16.5. The third-order valence-corrected chi connectivity index (χ3v) is 5.31. The Morgan fingerprint density at radius 1 is 1.33 bits per heavy atom. The summed E-state index contributed by atoms with van der Waals surface area (Å²) < 4.78 is 10.6. The molecule has 2 amide bonds. The number of likely N-dealkylation sites (N-methyl/N-ethyl adjacent to an activating group) is 1. The molecule has 4 rings (SSSR count). The number of nitrogens with zero attached hydrogens (tertiary/aromatic N) is 3. The largest absolute Gasteiger partial charge is 0.469 e. The summed E-state index contributed by atoms with van der Waals surface area (Å²) in [6, 6.07) is 4.51. The molecular formula is C17H22N4O3. The Morgan fingerprint density at radius 2 is 2.17 bits per heavy atom. The van der Waals surface area contributed by atoms with Gasteiger partial charge in [0.25, 0.3) is 0 Å². The number of amides is 2. The molecule has 1 N–H and O–H groups in total. The van der Waals surface area contributed by atoms with E-state index in [9.17, 15) is 4.79 Å². The summed E-state index contributed by atoms with van der Waals surface area (Å²) in [4.78, 5) is 16.9. The molecule has 2 bridgehead atoms. The van der Waals surface area contributed by atoms with Gasteiger partial charge in [0.05, 0.1) is 11.8 Å². The molecule has 0 saturated carbocycles. The molecule has 2 aromatic rings. The molecule has 2 fully saturated rings. The lowest BCUT2D eigenvalue weighted by Crippen LogP contribution is -2.41. The molecule has 0 radical (unpaired) electrons. The molecule has 128 valence electrons. The maximum Gasteiger partial charge on any atom is 0.323 e. The summed E-state index contributed by atoms with van der Waals surface area (Å²) in [5, 5.41) is 6.80. The van der Waals surface area contributed by atoms with Crippen molar-refractivity contribution in [3.05, 3.63) is 24.2 Å². The third-order valence-electron chi connectivity index (χ3n) is 5.31. The van der Waals surface area contributed by atoms with Crippen molar-refractivity contribution in [2.75, 3.05) is 25.5 Å². The van der Waals surface area contributed by atoms with Crippen LogP contribution in [0.3, 0.4) is 0 Å². The normalized spacial score (nSPS) is 24.2. The molecule has 2 aliphatic heterocycles. The van der Waals surface area contributed by atoms with E-state index in [1.54, 1.807) is 12.3 Å². The average molecular weight is 330 g/mol. The van der Waals surface area contributed by atoms with Crippen molar-refractivity contribution < 1.29 is 13.7 Å². The van der Waals surface area contributed by atoms with Gasteiger partial charge in [-0.2, -0.15) is 0 Å². The second-order valence-corrected chi connectivity index (χ2v) is 6.68. The summed E-state index contributed by atoms with van der Waals surface area (Å²) in [6.07, 6.45) is 5.04. The molecule has 7 nitrogen and oxygen atoms in total. The van der Waals surface area contributed by atoms with Crippen LogP contribution in [-0.2, 0) is 0 Å². The first-order valence-corrected chi connectivity index (χ1v) is 8.41. The lowest BCUT2D eigenvalue weighted by Gasteiger charge is -2.25. The van der Waals surface area contributed by atoms with Crippen LogP contribution >= 0.6 is 0 Å². The SMILES string of the molecule is Cc1occc1-c1cc(NC(=O)N2CCC3CCC(C2)N3C)no1. The predicted octanol–water partition coefficient (Wildman–Crippen LogP) is 2.94. The van der Waals surface area contributed by atoms with Crippen LogP contribution < -0.4 is 5.32 Å². The number of carbonyl (C=O) groups is 1. The zero-order valence-corrected chi connectivity index (χ0v) is 14.0. The van der Waals surface area contributed by atoms with Crippen LogP contribution in [0.5, 0.6) is 0 Å². The van der Waals surface area contributed by atoms with Crippen molar-refractivity contribution in [1.82, 2.24) is 15.0 Å². The number of aryl methyl sites for hydroxylation is 1.